The van der Waals surface area contributed by atoms with Gasteiger partial charge in [-0.05, 0) is 37.0 Å². The number of nitrogens with one attached hydrogen (secondary N) is 1. The fourth-order valence-electron chi connectivity index (χ4n) is 3.61. The molecule has 2 N–H and O–H groups in total. The zero-order chi connectivity index (χ0) is 21.3. The molecule has 2 heterocycles. The van der Waals surface area contributed by atoms with Gasteiger partial charge in [0.05, 0.1) is 23.4 Å². The van der Waals surface area contributed by atoms with Gasteiger partial charge in [0, 0.05) is 25.2 Å². The number of fused-ring (bicyclic) bond motifs is 1. The summed E-state index contributed by atoms with van der Waals surface area (Å²) in [4.78, 5) is 13.1. The summed E-state index contributed by atoms with van der Waals surface area (Å²) in [6.07, 6.45) is 5.98. The van der Waals surface area contributed by atoms with E-state index in [0.29, 0.717) is 22.4 Å². The monoisotopic (exact) mass is 411 g/mol. The van der Waals surface area contributed by atoms with E-state index in [-0.39, 0.29) is 29.9 Å². The maximum absolute atomic E-state index is 13.0. The van der Waals surface area contributed by atoms with E-state index in [1.807, 2.05) is 6.92 Å². The lowest BCUT2D eigenvalue weighted by Gasteiger charge is -2.17. The molecule has 29 heavy (non-hydrogen) atoms. The Hall–Kier alpha value is -2.91. The van der Waals surface area contributed by atoms with E-state index in [9.17, 15) is 23.6 Å². The van der Waals surface area contributed by atoms with Crippen molar-refractivity contribution >= 4 is 15.8 Å². The lowest BCUT2D eigenvalue weighted by molar-refractivity contribution is 0.0984. The molecule has 8 heteroatoms. The molecule has 0 fully saturated rings. The number of nitriles is 1. The lowest BCUT2D eigenvalue weighted by Crippen LogP contribution is -2.41. The molecule has 2 unspecified atom stereocenters. The summed E-state index contributed by atoms with van der Waals surface area (Å²) in [6, 6.07) is 6.53. The molecule has 0 spiro atoms. The van der Waals surface area contributed by atoms with Crippen LogP contribution in [0.15, 0.2) is 29.3 Å². The van der Waals surface area contributed by atoms with E-state index in [1.54, 1.807) is 25.2 Å². The van der Waals surface area contributed by atoms with Crippen molar-refractivity contribution in [2.45, 2.75) is 43.2 Å². The van der Waals surface area contributed by atoms with Crippen molar-refractivity contribution in [3.63, 3.8) is 0 Å². The van der Waals surface area contributed by atoms with Crippen molar-refractivity contribution in [1.82, 2.24) is 9.29 Å². The molecule has 0 radical (unpaired) electrons. The molecule has 1 aliphatic heterocycles. The highest BCUT2D eigenvalue weighted by atomic mass is 32.2. The van der Waals surface area contributed by atoms with Gasteiger partial charge < -0.3 is 9.67 Å². The van der Waals surface area contributed by atoms with Crippen LogP contribution in [0, 0.1) is 30.6 Å². The van der Waals surface area contributed by atoms with Crippen molar-refractivity contribution in [2.75, 3.05) is 0 Å². The fourth-order valence-corrected chi connectivity index (χ4v) is 5.21. The first kappa shape index (κ1) is 20.8. The zero-order valence-electron chi connectivity index (χ0n) is 16.1. The van der Waals surface area contributed by atoms with E-state index in [1.165, 1.54) is 10.8 Å². The molecule has 1 aliphatic rings. The van der Waals surface area contributed by atoms with Crippen LogP contribution in [0.2, 0.25) is 0 Å². The number of aryl methyl sites for hydroxylation is 2. The highest BCUT2D eigenvalue weighted by Crippen LogP contribution is 2.29. The van der Waals surface area contributed by atoms with Gasteiger partial charge in [-0.15, -0.1) is 6.42 Å². The summed E-state index contributed by atoms with van der Waals surface area (Å²) in [5.74, 6) is 1.90. The summed E-state index contributed by atoms with van der Waals surface area (Å²) < 4.78 is 29.4. The Kier molecular flexibility index (Phi) is 5.63. The van der Waals surface area contributed by atoms with Crippen molar-refractivity contribution < 1.29 is 18.3 Å². The van der Waals surface area contributed by atoms with Crippen molar-refractivity contribution in [1.29, 1.82) is 5.26 Å². The molecule has 7 nitrogen and oxygen atoms in total. The first-order valence-electron chi connectivity index (χ1n) is 9.05. The molecule has 2 atom stereocenters. The largest absolute Gasteiger partial charge is 0.379 e. The van der Waals surface area contributed by atoms with Crippen LogP contribution in [-0.2, 0) is 29.9 Å². The maximum Gasteiger partial charge on any atom is 0.242 e. The number of rotatable bonds is 4. The van der Waals surface area contributed by atoms with Crippen molar-refractivity contribution in [3.8, 4) is 18.4 Å². The number of hydrogen-bond donors (Lipinski definition) is 2. The average Bonchev–Trinajstić information content (AvgIpc) is 2.96. The Balaban J connectivity index is 1.97. The maximum atomic E-state index is 13.0. The molecule has 0 saturated carbocycles. The number of aromatic nitrogens is 1. The third kappa shape index (κ3) is 3.96. The number of nitrogens with zero attached hydrogens (tertiary/aromatic N) is 2. The van der Waals surface area contributed by atoms with Crippen LogP contribution in [0.5, 0.6) is 0 Å². The molecule has 1 aromatic heterocycles. The molecule has 0 saturated heterocycles. The molecule has 0 aliphatic carbocycles. The predicted octanol–water partition coefficient (Wildman–Crippen LogP) is 1.22. The van der Waals surface area contributed by atoms with Crippen LogP contribution < -0.4 is 4.72 Å². The second-order valence-electron chi connectivity index (χ2n) is 7.17. The summed E-state index contributed by atoms with van der Waals surface area (Å²) >= 11 is 0. The van der Waals surface area contributed by atoms with Gasteiger partial charge in [-0.3, -0.25) is 4.79 Å². The molecular weight excluding hydrogens is 390 g/mol. The second-order valence-corrected chi connectivity index (χ2v) is 8.85. The van der Waals surface area contributed by atoms with Gasteiger partial charge in [0.1, 0.15) is 11.0 Å². The van der Waals surface area contributed by atoms with Crippen LogP contribution >= 0.6 is 0 Å². The van der Waals surface area contributed by atoms with E-state index < -0.39 is 22.2 Å². The number of terminal acetylenes is 1. The molecule has 0 bridgehead atoms. The lowest BCUT2D eigenvalue weighted by atomic mass is 9.97. The Labute approximate surface area is 170 Å². The zero-order valence-corrected chi connectivity index (χ0v) is 17.0. The molecule has 3 rings (SSSR count). The number of benzene rings is 1. The first-order chi connectivity index (χ1) is 13.7. The Morgan fingerprint density at radius 3 is 2.86 bits per heavy atom. The summed E-state index contributed by atoms with van der Waals surface area (Å²) in [5, 5.41) is 19.1. The highest BCUT2D eigenvalue weighted by Gasteiger charge is 2.34. The normalized spacial score (nSPS) is 18.7. The third-order valence-corrected chi connectivity index (χ3v) is 6.70. The van der Waals surface area contributed by atoms with Crippen LogP contribution in [0.3, 0.4) is 0 Å². The minimum absolute atomic E-state index is 0.0247. The third-order valence-electron chi connectivity index (χ3n) is 5.15. The molecule has 2 aromatic rings. The summed E-state index contributed by atoms with van der Waals surface area (Å²) in [5.41, 5.74) is 2.73. The molecule has 0 amide bonds. The minimum Gasteiger partial charge on any atom is -0.379 e. The number of carbonyl (C=O) groups is 1. The summed E-state index contributed by atoms with van der Waals surface area (Å²) in [6.45, 7) is 1.82. The van der Waals surface area contributed by atoms with Gasteiger partial charge in [0.25, 0.3) is 0 Å². The van der Waals surface area contributed by atoms with Gasteiger partial charge in [-0.1, -0.05) is 18.1 Å². The van der Waals surface area contributed by atoms with Crippen LogP contribution in [0.4, 0.5) is 0 Å². The standard InChI is InChI=1S/C21H21N3O4S/c1-4-18(25)17-8-7-16-20(29(27,28)23-17)12-24(3)21(16)19(26)10-14-6-5-13(2)15(9-14)11-22/h1,5-6,9,12,17-18,23,25H,7-8,10H2,2-3H3. The Morgan fingerprint density at radius 2 is 2.21 bits per heavy atom. The second kappa shape index (κ2) is 7.84. The van der Waals surface area contributed by atoms with Crippen molar-refractivity contribution in [2.24, 2.45) is 7.05 Å². The van der Waals surface area contributed by atoms with Crippen molar-refractivity contribution in [3.05, 3.63) is 52.3 Å². The molecular formula is C21H21N3O4S. The van der Waals surface area contributed by atoms with Gasteiger partial charge >= 0.3 is 0 Å². The smallest absolute Gasteiger partial charge is 0.242 e. The van der Waals surface area contributed by atoms with Gasteiger partial charge in [0.15, 0.2) is 5.78 Å². The Bertz CT molecular complexity index is 1170. The number of Topliss-reactive ketones (excluding diaryl/α,β-unsaturated/α-hetero) is 1. The van der Waals surface area contributed by atoms with Crippen LogP contribution in [0.1, 0.15) is 39.2 Å². The summed E-state index contributed by atoms with van der Waals surface area (Å²) in [7, 11) is -2.30. The fraction of sp³-hybridized carbons (Fsp3) is 0.333. The minimum atomic E-state index is -3.93. The number of carbonyl (C=O) groups excluding carboxylic acids is 1. The number of aliphatic hydroxyl groups is 1. The number of sulfonamides is 1. The number of aliphatic hydroxyl groups excluding tert-OH is 1. The topological polar surface area (TPSA) is 112 Å². The Morgan fingerprint density at radius 1 is 1.48 bits per heavy atom. The number of hydrogen-bond acceptors (Lipinski definition) is 5. The van der Waals surface area contributed by atoms with E-state index >= 15 is 0 Å². The average molecular weight is 411 g/mol. The first-order valence-corrected chi connectivity index (χ1v) is 10.5. The van der Waals surface area contributed by atoms with Crippen LogP contribution in [-0.4, -0.2) is 36.0 Å². The number of ketones is 1. The predicted molar refractivity (Wildman–Crippen MR) is 107 cm³/mol. The van der Waals surface area contributed by atoms with Gasteiger partial charge in [-0.2, -0.15) is 5.26 Å². The van der Waals surface area contributed by atoms with E-state index in [4.69, 9.17) is 6.42 Å². The van der Waals surface area contributed by atoms with Gasteiger partial charge in [-0.25, -0.2) is 13.1 Å². The van der Waals surface area contributed by atoms with E-state index in [2.05, 4.69) is 16.7 Å². The highest BCUT2D eigenvalue weighted by molar-refractivity contribution is 7.89. The van der Waals surface area contributed by atoms with Gasteiger partial charge in [0.2, 0.25) is 10.0 Å². The van der Waals surface area contributed by atoms with Crippen LogP contribution in [0.25, 0.3) is 0 Å². The SMILES string of the molecule is C#CC(O)C1CCc2c(cn(C)c2C(=O)Cc2ccc(C)c(C#N)c2)S(=O)(=O)N1. The quantitative estimate of drug-likeness (QED) is 0.580. The molecule has 1 aromatic carbocycles. The van der Waals surface area contributed by atoms with E-state index in [0.717, 1.165) is 5.56 Å². The molecule has 150 valence electrons.